The minimum absolute atomic E-state index is 0.0893. The third-order valence-corrected chi connectivity index (χ3v) is 3.75. The van der Waals surface area contributed by atoms with Gasteiger partial charge in [-0.2, -0.15) is 5.26 Å². The molecule has 1 aromatic heterocycles. The number of para-hydroxylation sites is 1. The number of carbonyl (C=O) groups is 2. The highest BCUT2D eigenvalue weighted by atomic mass is 16.4. The molecular weight excluding hydrogens is 324 g/mol. The fourth-order valence-corrected chi connectivity index (χ4v) is 2.56. The number of carboxylic acids is 2. The number of hydrogen-bond donors (Lipinski definition) is 3. The molecule has 8 heteroatoms. The van der Waals surface area contributed by atoms with E-state index in [1.165, 1.54) is 4.90 Å². The SMILES string of the molecule is N#CN1CCC[C@H]1C(=O)O.O=C(O)CNc1ccnc2ccccc12. The molecule has 0 bridgehead atoms. The van der Waals surface area contributed by atoms with E-state index < -0.39 is 18.0 Å². The van der Waals surface area contributed by atoms with Crippen molar-refractivity contribution in [1.29, 1.82) is 5.26 Å². The molecule has 0 amide bonds. The molecule has 2 aromatic rings. The second-order valence-corrected chi connectivity index (χ2v) is 5.41. The number of fused-ring (bicyclic) bond motifs is 1. The van der Waals surface area contributed by atoms with Gasteiger partial charge in [0.2, 0.25) is 0 Å². The summed E-state index contributed by atoms with van der Waals surface area (Å²) >= 11 is 0. The molecule has 3 N–H and O–H groups in total. The van der Waals surface area contributed by atoms with E-state index in [0.717, 1.165) is 23.0 Å². The standard InChI is InChI=1S/C11H10N2O2.C6H8N2O2/c14-11(15)7-13-10-5-6-12-9-4-2-1-3-8(9)10;7-4-8-3-1-2-5(8)6(9)10/h1-6H,7H2,(H,12,13)(H,14,15);5H,1-3H2,(H,9,10)/t;5-/m.0/s1. The Morgan fingerprint density at radius 2 is 2.08 bits per heavy atom. The van der Waals surface area contributed by atoms with Crippen molar-refractivity contribution in [3.8, 4) is 6.19 Å². The molecule has 130 valence electrons. The largest absolute Gasteiger partial charge is 0.480 e. The molecule has 1 saturated heterocycles. The number of benzene rings is 1. The van der Waals surface area contributed by atoms with Crippen LogP contribution in [0.1, 0.15) is 12.8 Å². The van der Waals surface area contributed by atoms with E-state index in [0.29, 0.717) is 13.0 Å². The van der Waals surface area contributed by atoms with E-state index in [9.17, 15) is 9.59 Å². The van der Waals surface area contributed by atoms with E-state index >= 15 is 0 Å². The molecule has 1 fully saturated rings. The van der Waals surface area contributed by atoms with Gasteiger partial charge in [-0.15, -0.1) is 0 Å². The minimum atomic E-state index is -0.890. The zero-order valence-electron chi connectivity index (χ0n) is 13.4. The van der Waals surface area contributed by atoms with Crippen LogP contribution in [-0.4, -0.2) is 51.2 Å². The summed E-state index contributed by atoms with van der Waals surface area (Å²) in [5, 5.41) is 29.3. The summed E-state index contributed by atoms with van der Waals surface area (Å²) < 4.78 is 0. The first-order valence-corrected chi connectivity index (χ1v) is 7.71. The fourth-order valence-electron chi connectivity index (χ4n) is 2.56. The van der Waals surface area contributed by atoms with Gasteiger partial charge in [-0.1, -0.05) is 18.2 Å². The Hall–Kier alpha value is -3.34. The quantitative estimate of drug-likeness (QED) is 0.717. The Bertz CT molecular complexity index is 797. The van der Waals surface area contributed by atoms with Crippen LogP contribution in [0.15, 0.2) is 36.5 Å². The first-order valence-electron chi connectivity index (χ1n) is 7.71. The summed E-state index contributed by atoms with van der Waals surface area (Å²) in [7, 11) is 0. The van der Waals surface area contributed by atoms with Gasteiger partial charge in [0.1, 0.15) is 12.6 Å². The van der Waals surface area contributed by atoms with Crippen molar-refractivity contribution in [3.63, 3.8) is 0 Å². The van der Waals surface area contributed by atoms with Crippen LogP contribution in [0.4, 0.5) is 5.69 Å². The summed E-state index contributed by atoms with van der Waals surface area (Å²) in [5.74, 6) is -1.77. The van der Waals surface area contributed by atoms with Gasteiger partial charge in [-0.3, -0.25) is 14.7 Å². The molecule has 0 unspecified atom stereocenters. The molecule has 1 aromatic carbocycles. The van der Waals surface area contributed by atoms with E-state index in [2.05, 4.69) is 10.3 Å². The maximum Gasteiger partial charge on any atom is 0.327 e. The van der Waals surface area contributed by atoms with Crippen molar-refractivity contribution in [2.75, 3.05) is 18.4 Å². The zero-order chi connectivity index (χ0) is 18.2. The van der Waals surface area contributed by atoms with Crippen LogP contribution in [0.3, 0.4) is 0 Å². The lowest BCUT2D eigenvalue weighted by Gasteiger charge is -2.11. The normalized spacial score (nSPS) is 15.8. The maximum atomic E-state index is 10.4. The number of aliphatic carboxylic acids is 2. The van der Waals surface area contributed by atoms with Crippen LogP contribution in [0.5, 0.6) is 0 Å². The Balaban J connectivity index is 0.000000196. The number of nitriles is 1. The number of pyridine rings is 1. The second kappa shape index (κ2) is 8.49. The molecule has 3 rings (SSSR count). The first-order chi connectivity index (χ1) is 12.0. The molecule has 0 saturated carbocycles. The van der Waals surface area contributed by atoms with Crippen molar-refractivity contribution in [1.82, 2.24) is 9.88 Å². The lowest BCUT2D eigenvalue weighted by atomic mass is 10.2. The minimum Gasteiger partial charge on any atom is -0.480 e. The number of anilines is 1. The molecule has 1 atom stereocenters. The van der Waals surface area contributed by atoms with Gasteiger partial charge in [0.25, 0.3) is 0 Å². The third-order valence-electron chi connectivity index (χ3n) is 3.75. The van der Waals surface area contributed by atoms with E-state index in [4.69, 9.17) is 15.5 Å². The van der Waals surface area contributed by atoms with Gasteiger partial charge in [-0.25, -0.2) is 4.79 Å². The number of aromatic nitrogens is 1. The van der Waals surface area contributed by atoms with Crippen molar-refractivity contribution in [2.45, 2.75) is 18.9 Å². The Labute approximate surface area is 144 Å². The van der Waals surface area contributed by atoms with Crippen molar-refractivity contribution in [2.24, 2.45) is 0 Å². The smallest absolute Gasteiger partial charge is 0.327 e. The zero-order valence-corrected chi connectivity index (χ0v) is 13.4. The van der Waals surface area contributed by atoms with Crippen molar-refractivity contribution < 1.29 is 19.8 Å². The lowest BCUT2D eigenvalue weighted by Crippen LogP contribution is -2.31. The van der Waals surface area contributed by atoms with Crippen LogP contribution in [0.2, 0.25) is 0 Å². The number of hydrogen-bond acceptors (Lipinski definition) is 6. The molecule has 25 heavy (non-hydrogen) atoms. The van der Waals surface area contributed by atoms with Gasteiger partial charge in [0.15, 0.2) is 6.19 Å². The van der Waals surface area contributed by atoms with Crippen LogP contribution in [0.25, 0.3) is 10.9 Å². The number of nitrogens with one attached hydrogen (secondary N) is 1. The highest BCUT2D eigenvalue weighted by Crippen LogP contribution is 2.20. The average molecular weight is 342 g/mol. The lowest BCUT2D eigenvalue weighted by molar-refractivity contribution is -0.141. The van der Waals surface area contributed by atoms with Crippen molar-refractivity contribution in [3.05, 3.63) is 36.5 Å². The van der Waals surface area contributed by atoms with E-state index in [1.54, 1.807) is 12.3 Å². The van der Waals surface area contributed by atoms with Crippen LogP contribution in [0, 0.1) is 11.5 Å². The van der Waals surface area contributed by atoms with Crippen molar-refractivity contribution >= 4 is 28.5 Å². The Morgan fingerprint density at radius 1 is 1.32 bits per heavy atom. The molecule has 8 nitrogen and oxygen atoms in total. The number of carboxylic acid groups (broad SMARTS) is 2. The van der Waals surface area contributed by atoms with Gasteiger partial charge in [-0.05, 0) is 25.0 Å². The van der Waals surface area contributed by atoms with Crippen LogP contribution in [-0.2, 0) is 9.59 Å². The molecule has 1 aliphatic rings. The second-order valence-electron chi connectivity index (χ2n) is 5.41. The summed E-state index contributed by atoms with van der Waals surface area (Å²) in [4.78, 5) is 26.3. The predicted octanol–water partition coefficient (Wildman–Crippen LogP) is 1.75. The molecule has 1 aliphatic heterocycles. The van der Waals surface area contributed by atoms with Crippen LogP contribution < -0.4 is 5.32 Å². The van der Waals surface area contributed by atoms with Gasteiger partial charge in [0, 0.05) is 23.8 Å². The topological polar surface area (TPSA) is 127 Å². The Kier molecular flexibility index (Phi) is 6.12. The summed E-state index contributed by atoms with van der Waals surface area (Å²) in [5.41, 5.74) is 1.65. The number of rotatable bonds is 4. The molecular formula is C17H18N4O4. The van der Waals surface area contributed by atoms with Gasteiger partial charge in [0.05, 0.1) is 5.52 Å². The Morgan fingerprint density at radius 3 is 2.72 bits per heavy atom. The van der Waals surface area contributed by atoms with E-state index in [1.807, 2.05) is 30.5 Å². The maximum absolute atomic E-state index is 10.4. The van der Waals surface area contributed by atoms with E-state index in [-0.39, 0.29) is 6.54 Å². The first kappa shape index (κ1) is 18.0. The number of likely N-dealkylation sites (tertiary alicyclic amines) is 1. The summed E-state index contributed by atoms with van der Waals surface area (Å²) in [6.45, 7) is 0.501. The molecule has 0 radical (unpaired) electrons. The molecule has 0 spiro atoms. The van der Waals surface area contributed by atoms with Gasteiger partial charge >= 0.3 is 11.9 Å². The van der Waals surface area contributed by atoms with Gasteiger partial charge < -0.3 is 15.5 Å². The third kappa shape index (κ3) is 4.81. The summed E-state index contributed by atoms with van der Waals surface area (Å²) in [6, 6.07) is 8.80. The fraction of sp³-hybridized carbons (Fsp3) is 0.294. The monoisotopic (exact) mass is 342 g/mol. The molecule has 0 aliphatic carbocycles. The predicted molar refractivity (Wildman–Crippen MR) is 90.8 cm³/mol. The number of nitrogens with zero attached hydrogens (tertiary/aromatic N) is 3. The van der Waals surface area contributed by atoms with Crippen LogP contribution >= 0.6 is 0 Å². The highest BCUT2D eigenvalue weighted by Gasteiger charge is 2.29. The summed E-state index contributed by atoms with van der Waals surface area (Å²) in [6.07, 6.45) is 4.92. The highest BCUT2D eigenvalue weighted by molar-refractivity contribution is 5.91. The average Bonchev–Trinajstić information content (AvgIpc) is 3.09. The molecule has 2 heterocycles.